The standard InChI is InChI=1S/C26H20Br2N2O4.C10H10N2.C8H7BrO3/c27-17-11-7-15(8-12-17)23(31)25(33)29-21-5-1-3-19-20(21)4-2-6-22(19)30-26(34)24(32)16-9-13-18(28)14-10-16;11-9-5-1-3-7-8(9)4-2-6-10(7)12;9-6-3-1-5(2-4-6)7(10)8(11)12/h1-14,23-24,31-32H,(H,29,33)(H,30,34);1-6H,11-12H2;1-4,7,10H,(H,11,12). The third-order valence-electron chi connectivity index (χ3n) is 8.72. The van der Waals surface area contributed by atoms with Crippen molar-refractivity contribution in [1.82, 2.24) is 0 Å². The zero-order chi connectivity index (χ0) is 41.9. The van der Waals surface area contributed by atoms with Crippen molar-refractivity contribution < 1.29 is 34.8 Å². The van der Waals surface area contributed by atoms with Crippen LogP contribution in [-0.2, 0) is 14.4 Å². The molecule has 3 unspecified atom stereocenters. The van der Waals surface area contributed by atoms with Gasteiger partial charge in [-0.05, 0) is 77.4 Å². The van der Waals surface area contributed by atoms with E-state index in [2.05, 4.69) is 58.4 Å². The second kappa shape index (κ2) is 20.2. The highest BCUT2D eigenvalue weighted by atomic mass is 79.9. The number of nitrogens with one attached hydrogen (secondary N) is 2. The number of benzene rings is 7. The van der Waals surface area contributed by atoms with E-state index >= 15 is 0 Å². The maximum absolute atomic E-state index is 12.7. The van der Waals surface area contributed by atoms with Gasteiger partial charge in [0.15, 0.2) is 18.3 Å². The molecule has 2 amide bonds. The SMILES string of the molecule is Nc1cccc2c(N)cccc12.O=C(Nc1cccc2c(NC(=O)C(O)c3ccc(Br)cc3)cccc12)C(O)c1ccc(Br)cc1.O=C(O)C(O)c1ccc(Br)cc1. The van der Waals surface area contributed by atoms with Gasteiger partial charge in [0.25, 0.3) is 11.8 Å². The van der Waals surface area contributed by atoms with Crippen LogP contribution in [0.25, 0.3) is 21.5 Å². The number of aliphatic hydroxyl groups is 3. The van der Waals surface area contributed by atoms with E-state index in [4.69, 9.17) is 21.7 Å². The van der Waals surface area contributed by atoms with E-state index in [-0.39, 0.29) is 0 Å². The first kappa shape index (κ1) is 43.5. The molecule has 296 valence electrons. The average molecular weight is 974 g/mol. The molecule has 10 N–H and O–H groups in total. The third kappa shape index (κ3) is 11.3. The lowest BCUT2D eigenvalue weighted by Crippen LogP contribution is -2.21. The fraction of sp³-hybridized carbons (Fsp3) is 0.0682. The van der Waals surface area contributed by atoms with Gasteiger partial charge in [-0.1, -0.05) is 133 Å². The summed E-state index contributed by atoms with van der Waals surface area (Å²) >= 11 is 9.87. The molecule has 0 bridgehead atoms. The molecule has 0 fully saturated rings. The number of halogens is 3. The molecule has 7 rings (SSSR count). The Hall–Kier alpha value is -5.61. The van der Waals surface area contributed by atoms with Crippen LogP contribution in [-0.4, -0.2) is 38.2 Å². The monoisotopic (exact) mass is 970 g/mol. The smallest absolute Gasteiger partial charge is 0.337 e. The fourth-order valence-corrected chi connectivity index (χ4v) is 6.46. The predicted molar refractivity (Wildman–Crippen MR) is 239 cm³/mol. The number of carboxylic acid groups (broad SMARTS) is 1. The summed E-state index contributed by atoms with van der Waals surface area (Å²) in [5.41, 5.74) is 15.4. The number of rotatable bonds is 8. The van der Waals surface area contributed by atoms with Crippen LogP contribution in [0.1, 0.15) is 35.0 Å². The van der Waals surface area contributed by atoms with Gasteiger partial charge in [-0.3, -0.25) is 9.59 Å². The topological polar surface area (TPSA) is 208 Å². The predicted octanol–water partition coefficient (Wildman–Crippen LogP) is 9.28. The van der Waals surface area contributed by atoms with Crippen LogP contribution in [0.5, 0.6) is 0 Å². The lowest BCUT2D eigenvalue weighted by Gasteiger charge is -2.16. The molecule has 0 heterocycles. The highest BCUT2D eigenvalue weighted by molar-refractivity contribution is 9.11. The summed E-state index contributed by atoms with van der Waals surface area (Å²) in [6.07, 6.45) is -4.11. The first-order chi connectivity index (χ1) is 27.7. The van der Waals surface area contributed by atoms with Gasteiger partial charge in [0.05, 0.1) is 0 Å². The summed E-state index contributed by atoms with van der Waals surface area (Å²) in [5, 5.41) is 47.4. The summed E-state index contributed by atoms with van der Waals surface area (Å²) in [7, 11) is 0. The number of fused-ring (bicyclic) bond motifs is 2. The largest absolute Gasteiger partial charge is 0.479 e. The third-order valence-corrected chi connectivity index (χ3v) is 10.3. The molecular formula is C44H37Br3N4O7. The molecule has 0 aliphatic heterocycles. The number of carbonyl (C=O) groups excluding carboxylic acids is 2. The van der Waals surface area contributed by atoms with E-state index in [1.54, 1.807) is 109 Å². The molecule has 0 aromatic heterocycles. The molecule has 0 aliphatic carbocycles. The Morgan fingerprint density at radius 3 is 1.05 bits per heavy atom. The minimum absolute atomic E-state index is 0.380. The van der Waals surface area contributed by atoms with Gasteiger partial charge in [0.2, 0.25) is 0 Å². The van der Waals surface area contributed by atoms with Crippen molar-refractivity contribution in [2.45, 2.75) is 18.3 Å². The van der Waals surface area contributed by atoms with Crippen LogP contribution in [0.3, 0.4) is 0 Å². The number of amides is 2. The Labute approximate surface area is 358 Å². The van der Waals surface area contributed by atoms with Crippen molar-refractivity contribution in [3.05, 3.63) is 176 Å². The number of hydrogen-bond acceptors (Lipinski definition) is 8. The maximum Gasteiger partial charge on any atom is 0.337 e. The normalized spacial score (nSPS) is 12.2. The lowest BCUT2D eigenvalue weighted by atomic mass is 10.0. The molecule has 14 heteroatoms. The summed E-state index contributed by atoms with van der Waals surface area (Å²) in [5.74, 6) is -2.39. The van der Waals surface area contributed by atoms with Crippen LogP contribution < -0.4 is 22.1 Å². The lowest BCUT2D eigenvalue weighted by molar-refractivity contribution is -0.147. The number of carboxylic acids is 1. The van der Waals surface area contributed by atoms with E-state index in [0.29, 0.717) is 38.8 Å². The van der Waals surface area contributed by atoms with Crippen LogP contribution in [0.4, 0.5) is 22.7 Å². The van der Waals surface area contributed by atoms with Crippen molar-refractivity contribution in [3.8, 4) is 0 Å². The zero-order valence-corrected chi connectivity index (χ0v) is 35.1. The van der Waals surface area contributed by atoms with Gasteiger partial charge >= 0.3 is 5.97 Å². The zero-order valence-electron chi connectivity index (χ0n) is 30.4. The Bertz CT molecular complexity index is 2390. The number of aliphatic carboxylic acids is 1. The molecule has 0 radical (unpaired) electrons. The Kier molecular flexibility index (Phi) is 15.1. The molecule has 0 aliphatic rings. The molecule has 0 saturated carbocycles. The van der Waals surface area contributed by atoms with Gasteiger partial charge in [0.1, 0.15) is 0 Å². The van der Waals surface area contributed by atoms with Crippen LogP contribution in [0, 0.1) is 0 Å². The Balaban J connectivity index is 0.000000215. The molecule has 3 atom stereocenters. The second-order valence-corrected chi connectivity index (χ2v) is 15.4. The van der Waals surface area contributed by atoms with Gasteiger partial charge < -0.3 is 42.5 Å². The van der Waals surface area contributed by atoms with Crippen LogP contribution >= 0.6 is 47.8 Å². The summed E-state index contributed by atoms with van der Waals surface area (Å²) in [6, 6.07) is 42.2. The first-order valence-electron chi connectivity index (χ1n) is 17.4. The molecule has 0 saturated heterocycles. The van der Waals surface area contributed by atoms with E-state index in [1.165, 1.54) is 0 Å². The van der Waals surface area contributed by atoms with Crippen molar-refractivity contribution in [2.75, 3.05) is 22.1 Å². The van der Waals surface area contributed by atoms with E-state index in [0.717, 1.165) is 35.6 Å². The summed E-state index contributed by atoms with van der Waals surface area (Å²) in [4.78, 5) is 35.7. The van der Waals surface area contributed by atoms with Crippen molar-refractivity contribution in [1.29, 1.82) is 0 Å². The number of hydrogen-bond donors (Lipinski definition) is 8. The molecule has 7 aromatic carbocycles. The second-order valence-electron chi connectivity index (χ2n) is 12.7. The highest BCUT2D eigenvalue weighted by Gasteiger charge is 2.21. The molecule has 58 heavy (non-hydrogen) atoms. The van der Waals surface area contributed by atoms with Crippen molar-refractivity contribution >= 4 is 110 Å². The van der Waals surface area contributed by atoms with E-state index in [1.807, 2.05) is 36.4 Å². The van der Waals surface area contributed by atoms with Gasteiger partial charge in [-0.2, -0.15) is 0 Å². The summed E-state index contributed by atoms with van der Waals surface area (Å²) < 4.78 is 2.54. The van der Waals surface area contributed by atoms with Crippen LogP contribution in [0.2, 0.25) is 0 Å². The fourth-order valence-electron chi connectivity index (χ4n) is 5.67. The Morgan fingerprint density at radius 1 is 0.431 bits per heavy atom. The van der Waals surface area contributed by atoms with E-state index in [9.17, 15) is 24.6 Å². The van der Waals surface area contributed by atoms with Crippen molar-refractivity contribution in [2.24, 2.45) is 0 Å². The molecule has 7 aromatic rings. The number of nitrogens with two attached hydrogens (primary N) is 2. The first-order valence-corrected chi connectivity index (χ1v) is 19.8. The number of aliphatic hydroxyl groups excluding tert-OH is 3. The number of nitrogen functional groups attached to an aromatic ring is 2. The minimum atomic E-state index is -1.43. The summed E-state index contributed by atoms with van der Waals surface area (Å²) in [6.45, 7) is 0. The minimum Gasteiger partial charge on any atom is -0.479 e. The van der Waals surface area contributed by atoms with Gasteiger partial charge in [0, 0.05) is 57.7 Å². The highest BCUT2D eigenvalue weighted by Crippen LogP contribution is 2.31. The van der Waals surface area contributed by atoms with E-state index < -0.39 is 36.1 Å². The van der Waals surface area contributed by atoms with Gasteiger partial charge in [-0.15, -0.1) is 0 Å². The van der Waals surface area contributed by atoms with Crippen LogP contribution in [0.15, 0.2) is 159 Å². The van der Waals surface area contributed by atoms with Gasteiger partial charge in [-0.25, -0.2) is 4.79 Å². The maximum atomic E-state index is 12.7. The number of anilines is 4. The Morgan fingerprint density at radius 2 is 0.724 bits per heavy atom. The molecular weight excluding hydrogens is 936 g/mol. The van der Waals surface area contributed by atoms with Crippen molar-refractivity contribution in [3.63, 3.8) is 0 Å². The molecule has 11 nitrogen and oxygen atoms in total. The average Bonchev–Trinajstić information content (AvgIpc) is 3.22. The number of carbonyl (C=O) groups is 3. The molecule has 0 spiro atoms. The quantitative estimate of drug-likeness (QED) is 0.0682.